The Labute approximate surface area is 252 Å². The van der Waals surface area contributed by atoms with E-state index < -0.39 is 5.82 Å². The summed E-state index contributed by atoms with van der Waals surface area (Å²) in [6.45, 7) is 20.8. The van der Waals surface area contributed by atoms with Crippen LogP contribution in [0.25, 0.3) is 6.08 Å². The number of piperazine rings is 1. The van der Waals surface area contributed by atoms with E-state index in [2.05, 4.69) is 78.1 Å². The molecule has 4 rings (SSSR count). The minimum absolute atomic E-state index is 0.144. The second kappa shape index (κ2) is 16.0. The lowest BCUT2D eigenvalue weighted by atomic mass is 9.98. The van der Waals surface area contributed by atoms with Crippen molar-refractivity contribution >= 4 is 29.1 Å². The van der Waals surface area contributed by atoms with E-state index in [0.29, 0.717) is 12.5 Å². The molecule has 0 bridgehead atoms. The average Bonchev–Trinajstić information content (AvgIpc) is 2.98. The van der Waals surface area contributed by atoms with E-state index in [9.17, 15) is 4.39 Å². The van der Waals surface area contributed by atoms with E-state index in [1.165, 1.54) is 50.2 Å². The smallest absolute Gasteiger partial charge is 0.142 e. The summed E-state index contributed by atoms with van der Waals surface area (Å²) < 4.78 is 12.6. The Morgan fingerprint density at radius 3 is 2.49 bits per heavy atom. The molecule has 6 nitrogen and oxygen atoms in total. The van der Waals surface area contributed by atoms with Crippen LogP contribution in [0, 0.1) is 12.7 Å². The van der Waals surface area contributed by atoms with Crippen LogP contribution in [0.4, 0.5) is 10.1 Å². The number of aromatic nitrogens is 1. The molecule has 1 N–H and O–H groups in total. The molecule has 2 aliphatic rings. The van der Waals surface area contributed by atoms with E-state index in [1.807, 2.05) is 7.05 Å². The molecule has 0 amide bonds. The Bertz CT molecular complexity index is 1190. The van der Waals surface area contributed by atoms with Gasteiger partial charge in [0.1, 0.15) is 5.82 Å². The third kappa shape index (κ3) is 9.12. The van der Waals surface area contributed by atoms with E-state index in [4.69, 9.17) is 16.6 Å². The number of allylic oxidation sites excluding steroid dienone is 1. The van der Waals surface area contributed by atoms with Gasteiger partial charge < -0.3 is 15.1 Å². The first-order valence-corrected chi connectivity index (χ1v) is 15.2. The van der Waals surface area contributed by atoms with Crippen molar-refractivity contribution in [1.29, 1.82) is 0 Å². The maximum absolute atomic E-state index is 12.6. The molecule has 0 spiro atoms. The Morgan fingerprint density at radius 1 is 1.17 bits per heavy atom. The Hall–Kier alpha value is -2.74. The molecule has 1 atom stereocenters. The topological polar surface area (TPSA) is 47.0 Å². The number of benzene rings is 1. The monoisotopic (exact) mass is 582 g/mol. The van der Waals surface area contributed by atoms with Gasteiger partial charge in [-0.25, -0.2) is 9.37 Å². The van der Waals surface area contributed by atoms with Gasteiger partial charge in [0.2, 0.25) is 0 Å². The first-order valence-electron chi connectivity index (χ1n) is 14.8. The zero-order valence-corrected chi connectivity index (χ0v) is 26.4. The van der Waals surface area contributed by atoms with Gasteiger partial charge in [-0.15, -0.1) is 0 Å². The Kier molecular flexibility index (Phi) is 12.8. The summed E-state index contributed by atoms with van der Waals surface area (Å²) in [5, 5.41) is 3.43. The van der Waals surface area contributed by atoms with Gasteiger partial charge >= 0.3 is 0 Å². The zero-order valence-electron chi connectivity index (χ0n) is 25.6. The van der Waals surface area contributed by atoms with Crippen LogP contribution >= 0.6 is 11.6 Å². The minimum atomic E-state index is -0.404. The lowest BCUT2D eigenvalue weighted by Crippen LogP contribution is -2.58. The van der Waals surface area contributed by atoms with Crippen molar-refractivity contribution in [2.75, 3.05) is 58.3 Å². The van der Waals surface area contributed by atoms with E-state index in [1.54, 1.807) is 12.1 Å². The van der Waals surface area contributed by atoms with Crippen molar-refractivity contribution in [3.05, 3.63) is 77.0 Å². The van der Waals surface area contributed by atoms with Crippen LogP contribution in [0.5, 0.6) is 0 Å². The highest BCUT2D eigenvalue weighted by atomic mass is 35.5. The number of halogens is 2. The third-order valence-electron chi connectivity index (χ3n) is 8.11. The molecule has 1 unspecified atom stereocenters. The van der Waals surface area contributed by atoms with Crippen LogP contribution < -0.4 is 10.2 Å². The van der Waals surface area contributed by atoms with Crippen molar-refractivity contribution < 1.29 is 4.39 Å². The Morgan fingerprint density at radius 2 is 1.90 bits per heavy atom. The van der Waals surface area contributed by atoms with Crippen molar-refractivity contribution in [3.8, 4) is 0 Å². The summed E-state index contributed by atoms with van der Waals surface area (Å²) in [4.78, 5) is 17.2. The molecule has 41 heavy (non-hydrogen) atoms. The fourth-order valence-corrected chi connectivity index (χ4v) is 5.86. The molecule has 2 aliphatic heterocycles. The molecule has 3 heterocycles. The molecular formula is C33H48ClFN6. The van der Waals surface area contributed by atoms with Gasteiger partial charge in [0.15, 0.2) is 0 Å². The number of nitrogens with one attached hydrogen (secondary N) is 1. The zero-order chi connectivity index (χ0) is 29.9. The maximum atomic E-state index is 12.6. The molecule has 0 radical (unpaired) electrons. The molecule has 8 heteroatoms. The van der Waals surface area contributed by atoms with Crippen molar-refractivity contribution in [2.24, 2.45) is 4.99 Å². The second-order valence-corrected chi connectivity index (χ2v) is 11.3. The normalized spacial score (nSPS) is 19.0. The van der Waals surface area contributed by atoms with Crippen molar-refractivity contribution in [1.82, 2.24) is 20.1 Å². The van der Waals surface area contributed by atoms with Gasteiger partial charge in [0.25, 0.3) is 0 Å². The number of hydrogen-bond donors (Lipinski definition) is 1. The van der Waals surface area contributed by atoms with Crippen LogP contribution in [-0.4, -0.2) is 85.9 Å². The predicted molar refractivity (Wildman–Crippen MR) is 174 cm³/mol. The van der Waals surface area contributed by atoms with Crippen LogP contribution in [0.2, 0.25) is 5.02 Å². The number of pyridine rings is 1. The van der Waals surface area contributed by atoms with Crippen molar-refractivity contribution in [2.45, 2.75) is 58.5 Å². The van der Waals surface area contributed by atoms with Gasteiger partial charge in [0, 0.05) is 57.4 Å². The highest BCUT2D eigenvalue weighted by molar-refractivity contribution is 6.30. The molecule has 2 aromatic rings. The molecule has 1 aromatic carbocycles. The number of rotatable bonds is 9. The molecule has 2 fully saturated rings. The lowest BCUT2D eigenvalue weighted by molar-refractivity contribution is 0.0702. The largest absolute Gasteiger partial charge is 0.389 e. The number of hydrogen-bond acceptors (Lipinski definition) is 6. The fraction of sp³-hybridized carbons (Fsp3) is 0.515. The Balaban J connectivity index is 0.000000389. The first-order chi connectivity index (χ1) is 19.7. The summed E-state index contributed by atoms with van der Waals surface area (Å²) in [6.07, 6.45) is 6.09. The molecule has 0 saturated carbocycles. The van der Waals surface area contributed by atoms with Crippen molar-refractivity contribution in [3.63, 3.8) is 0 Å². The molecule has 1 aromatic heterocycles. The summed E-state index contributed by atoms with van der Waals surface area (Å²) in [7, 11) is 4.09. The van der Waals surface area contributed by atoms with Crippen LogP contribution in [0.1, 0.15) is 56.5 Å². The molecular weight excluding hydrogens is 535 g/mol. The number of piperidine rings is 1. The molecule has 2 saturated heterocycles. The number of nitrogens with zero attached hydrogens (tertiary/aromatic N) is 5. The summed E-state index contributed by atoms with van der Waals surface area (Å²) in [6, 6.07) is 10.3. The van der Waals surface area contributed by atoms with Crippen LogP contribution in [0.15, 0.2) is 54.2 Å². The fourth-order valence-electron chi connectivity index (χ4n) is 5.75. The van der Waals surface area contributed by atoms with Gasteiger partial charge in [0.05, 0.1) is 27.8 Å². The van der Waals surface area contributed by atoms with Gasteiger partial charge in [-0.1, -0.05) is 43.8 Å². The molecule has 0 aliphatic carbocycles. The summed E-state index contributed by atoms with van der Waals surface area (Å²) >= 11 is 5.43. The van der Waals surface area contributed by atoms with Gasteiger partial charge in [-0.05, 0) is 83.1 Å². The van der Waals surface area contributed by atoms with Crippen LogP contribution in [0.3, 0.4) is 0 Å². The van der Waals surface area contributed by atoms with Crippen LogP contribution in [-0.2, 0) is 0 Å². The first kappa shape index (κ1) is 32.8. The predicted octanol–water partition coefficient (Wildman–Crippen LogP) is 6.44. The van der Waals surface area contributed by atoms with Gasteiger partial charge in [-0.2, -0.15) is 0 Å². The minimum Gasteiger partial charge on any atom is -0.389 e. The quantitative estimate of drug-likeness (QED) is 0.345. The number of likely N-dealkylation sites (tertiary alicyclic amines) is 1. The van der Waals surface area contributed by atoms with Gasteiger partial charge in [-0.3, -0.25) is 9.89 Å². The summed E-state index contributed by atoms with van der Waals surface area (Å²) in [5.41, 5.74) is 6.03. The highest BCUT2D eigenvalue weighted by Gasteiger charge is 2.33. The number of aliphatic imine (C=N–C) groups is 1. The second-order valence-electron chi connectivity index (χ2n) is 10.9. The SMILES string of the molecule is C=C(CC(=NC)c1ccc(N2CCN(C3CCN(C)CC3)C(CC)C2)c(C)n1)NCC.C=Cc1ccc(Cl)c(F)c1. The molecule has 224 valence electrons. The summed E-state index contributed by atoms with van der Waals surface area (Å²) in [5.74, 6) is -0.404. The standard InChI is InChI=1S/C25H42N6.C8H6ClF/c1-7-21-18-30(15-16-31(21)22-11-13-29(6)14-12-22)25-10-9-23(28-20(25)4)24(26-5)17-19(3)27-8-2;1-2-6-3-4-7(9)8(10)5-6/h9-10,21-22,27H,3,7-8,11-18H2,1-2,4-6H3;2-5H,1H2. The third-order valence-corrected chi connectivity index (χ3v) is 8.41. The maximum Gasteiger partial charge on any atom is 0.142 e. The van der Waals surface area contributed by atoms with E-state index >= 15 is 0 Å². The highest BCUT2D eigenvalue weighted by Crippen LogP contribution is 2.27. The van der Waals surface area contributed by atoms with E-state index in [-0.39, 0.29) is 5.02 Å². The van der Waals surface area contributed by atoms with E-state index in [0.717, 1.165) is 60.6 Å². The number of anilines is 1. The lowest BCUT2D eigenvalue weighted by Gasteiger charge is -2.48. The average molecular weight is 583 g/mol. The number of aryl methyl sites for hydroxylation is 1.